The molecule has 1 heterocycles. The number of nitrogens with two attached hydrogens (primary N) is 1. The van der Waals surface area contributed by atoms with Crippen LogP contribution in [0.15, 0.2) is 0 Å². The highest BCUT2D eigenvalue weighted by molar-refractivity contribution is 5.70. The van der Waals surface area contributed by atoms with Crippen molar-refractivity contribution in [3.63, 3.8) is 0 Å². The third kappa shape index (κ3) is 1.45. The number of carbonyl (C=O) groups is 1. The van der Waals surface area contributed by atoms with E-state index in [9.17, 15) is 4.79 Å². The molecule has 4 heteroatoms. The predicted octanol–water partition coefficient (Wildman–Crippen LogP) is 0.176. The molecule has 1 aliphatic heterocycles. The van der Waals surface area contributed by atoms with Gasteiger partial charge in [0.2, 0.25) is 0 Å². The third-order valence-corrected chi connectivity index (χ3v) is 1.85. The molecule has 1 fully saturated rings. The first kappa shape index (κ1) is 8.33. The van der Waals surface area contributed by atoms with Gasteiger partial charge in [-0.25, -0.2) is 4.79 Å². The molecule has 1 amide bonds. The van der Waals surface area contributed by atoms with Gasteiger partial charge in [0, 0.05) is 13.1 Å². The number of hydrogen-bond acceptors (Lipinski definition) is 3. The van der Waals surface area contributed by atoms with Crippen LogP contribution in [0.2, 0.25) is 0 Å². The van der Waals surface area contributed by atoms with Gasteiger partial charge in [-0.2, -0.15) is 0 Å². The standard InChI is InChI=1S/C7H14N2O2/c1-7(2)5-11-6(10)9(7)4-3-8/h3-5,8H2,1-2H3. The van der Waals surface area contributed by atoms with Crippen molar-refractivity contribution in [1.82, 2.24) is 4.90 Å². The molecular weight excluding hydrogens is 144 g/mol. The van der Waals surface area contributed by atoms with E-state index in [2.05, 4.69) is 0 Å². The molecule has 2 N–H and O–H groups in total. The summed E-state index contributed by atoms with van der Waals surface area (Å²) < 4.78 is 4.86. The van der Waals surface area contributed by atoms with Crippen LogP contribution in [0, 0.1) is 0 Å². The Balaban J connectivity index is 2.64. The Labute approximate surface area is 66.3 Å². The maximum atomic E-state index is 11.0. The third-order valence-electron chi connectivity index (χ3n) is 1.85. The molecule has 0 saturated carbocycles. The zero-order chi connectivity index (χ0) is 8.48. The van der Waals surface area contributed by atoms with Crippen LogP contribution in [-0.4, -0.2) is 36.2 Å². The molecule has 0 aromatic carbocycles. The minimum absolute atomic E-state index is 0.184. The van der Waals surface area contributed by atoms with Crippen molar-refractivity contribution in [1.29, 1.82) is 0 Å². The van der Waals surface area contributed by atoms with Crippen LogP contribution in [0.4, 0.5) is 4.79 Å². The van der Waals surface area contributed by atoms with Crippen LogP contribution in [0.1, 0.15) is 13.8 Å². The first-order chi connectivity index (χ1) is 5.08. The van der Waals surface area contributed by atoms with E-state index in [1.165, 1.54) is 0 Å². The van der Waals surface area contributed by atoms with E-state index in [-0.39, 0.29) is 11.6 Å². The smallest absolute Gasteiger partial charge is 0.410 e. The van der Waals surface area contributed by atoms with E-state index in [0.717, 1.165) is 0 Å². The summed E-state index contributed by atoms with van der Waals surface area (Å²) in [6, 6.07) is 0. The van der Waals surface area contributed by atoms with E-state index < -0.39 is 0 Å². The summed E-state index contributed by atoms with van der Waals surface area (Å²) in [6.45, 7) is 5.46. The monoisotopic (exact) mass is 158 g/mol. The number of cyclic esters (lactones) is 1. The molecule has 0 aromatic rings. The van der Waals surface area contributed by atoms with Crippen molar-refractivity contribution in [2.75, 3.05) is 19.7 Å². The van der Waals surface area contributed by atoms with Crippen LogP contribution >= 0.6 is 0 Å². The Hall–Kier alpha value is -0.770. The summed E-state index contributed by atoms with van der Waals surface area (Å²) in [6.07, 6.45) is -0.250. The predicted molar refractivity (Wildman–Crippen MR) is 41.2 cm³/mol. The number of nitrogens with zero attached hydrogens (tertiary/aromatic N) is 1. The quantitative estimate of drug-likeness (QED) is 0.623. The second kappa shape index (κ2) is 2.70. The van der Waals surface area contributed by atoms with Gasteiger partial charge in [-0.3, -0.25) is 4.90 Å². The van der Waals surface area contributed by atoms with E-state index >= 15 is 0 Å². The number of rotatable bonds is 2. The largest absolute Gasteiger partial charge is 0.447 e. The minimum atomic E-state index is -0.250. The summed E-state index contributed by atoms with van der Waals surface area (Å²) in [7, 11) is 0. The second-order valence-electron chi connectivity index (χ2n) is 3.31. The number of hydrogen-bond donors (Lipinski definition) is 1. The van der Waals surface area contributed by atoms with E-state index in [0.29, 0.717) is 19.7 Å². The van der Waals surface area contributed by atoms with Crippen LogP contribution in [0.25, 0.3) is 0 Å². The Morgan fingerprint density at radius 2 is 2.36 bits per heavy atom. The molecule has 1 saturated heterocycles. The molecule has 0 spiro atoms. The van der Waals surface area contributed by atoms with Gasteiger partial charge in [0.05, 0.1) is 5.54 Å². The van der Waals surface area contributed by atoms with Crippen LogP contribution in [0.3, 0.4) is 0 Å². The highest BCUT2D eigenvalue weighted by Gasteiger charge is 2.38. The fourth-order valence-electron chi connectivity index (χ4n) is 1.16. The maximum Gasteiger partial charge on any atom is 0.410 e. The Kier molecular flexibility index (Phi) is 2.04. The van der Waals surface area contributed by atoms with Crippen LogP contribution < -0.4 is 5.73 Å². The van der Waals surface area contributed by atoms with Crippen molar-refractivity contribution in [3.8, 4) is 0 Å². The van der Waals surface area contributed by atoms with E-state index in [4.69, 9.17) is 10.5 Å². The molecule has 0 unspecified atom stereocenters. The van der Waals surface area contributed by atoms with Gasteiger partial charge in [-0.1, -0.05) is 0 Å². The highest BCUT2D eigenvalue weighted by atomic mass is 16.6. The second-order valence-corrected chi connectivity index (χ2v) is 3.31. The first-order valence-electron chi connectivity index (χ1n) is 3.72. The molecule has 0 bridgehead atoms. The van der Waals surface area contributed by atoms with Gasteiger partial charge < -0.3 is 10.5 Å². The summed E-state index contributed by atoms with van der Waals surface area (Å²) in [5, 5.41) is 0. The lowest BCUT2D eigenvalue weighted by Crippen LogP contribution is -2.44. The normalized spacial score (nSPS) is 22.1. The number of carbonyl (C=O) groups excluding carboxylic acids is 1. The van der Waals surface area contributed by atoms with Gasteiger partial charge in [0.1, 0.15) is 6.61 Å². The Morgan fingerprint density at radius 3 is 2.73 bits per heavy atom. The molecule has 64 valence electrons. The molecule has 1 rings (SSSR count). The topological polar surface area (TPSA) is 55.6 Å². The summed E-state index contributed by atoms with van der Waals surface area (Å²) in [5.41, 5.74) is 5.16. The molecule has 0 aromatic heterocycles. The van der Waals surface area contributed by atoms with Crippen molar-refractivity contribution in [2.45, 2.75) is 19.4 Å². The van der Waals surface area contributed by atoms with Gasteiger partial charge in [-0.05, 0) is 13.8 Å². The lowest BCUT2D eigenvalue weighted by atomic mass is 10.1. The molecule has 1 aliphatic rings. The summed E-state index contributed by atoms with van der Waals surface area (Å²) in [4.78, 5) is 12.7. The van der Waals surface area contributed by atoms with Gasteiger partial charge >= 0.3 is 6.09 Å². The fraction of sp³-hybridized carbons (Fsp3) is 0.857. The number of amides is 1. The van der Waals surface area contributed by atoms with E-state index in [1.807, 2.05) is 13.8 Å². The fourth-order valence-corrected chi connectivity index (χ4v) is 1.16. The molecule has 4 nitrogen and oxygen atoms in total. The van der Waals surface area contributed by atoms with Crippen LogP contribution in [-0.2, 0) is 4.74 Å². The van der Waals surface area contributed by atoms with Gasteiger partial charge in [0.25, 0.3) is 0 Å². The molecule has 0 aliphatic carbocycles. The molecular formula is C7H14N2O2. The average Bonchev–Trinajstić information content (AvgIpc) is 2.16. The highest BCUT2D eigenvalue weighted by Crippen LogP contribution is 2.22. The summed E-state index contributed by atoms with van der Waals surface area (Å²) >= 11 is 0. The SMILES string of the molecule is CC1(C)COC(=O)N1CCN. The van der Waals surface area contributed by atoms with Crippen molar-refractivity contribution in [2.24, 2.45) is 5.73 Å². The van der Waals surface area contributed by atoms with Gasteiger partial charge in [-0.15, -0.1) is 0 Å². The summed E-state index contributed by atoms with van der Waals surface area (Å²) in [5.74, 6) is 0. The molecule has 0 atom stereocenters. The lowest BCUT2D eigenvalue weighted by Gasteiger charge is -2.26. The van der Waals surface area contributed by atoms with Crippen molar-refractivity contribution < 1.29 is 9.53 Å². The zero-order valence-electron chi connectivity index (χ0n) is 6.96. The lowest BCUT2D eigenvalue weighted by molar-refractivity contribution is 0.156. The first-order valence-corrected chi connectivity index (χ1v) is 3.72. The molecule has 0 radical (unpaired) electrons. The zero-order valence-corrected chi connectivity index (χ0v) is 6.96. The number of ether oxygens (including phenoxy) is 1. The van der Waals surface area contributed by atoms with Crippen molar-refractivity contribution in [3.05, 3.63) is 0 Å². The van der Waals surface area contributed by atoms with Crippen molar-refractivity contribution >= 4 is 6.09 Å². The van der Waals surface area contributed by atoms with Crippen LogP contribution in [0.5, 0.6) is 0 Å². The Morgan fingerprint density at radius 1 is 1.73 bits per heavy atom. The average molecular weight is 158 g/mol. The van der Waals surface area contributed by atoms with E-state index in [1.54, 1.807) is 4.90 Å². The van der Waals surface area contributed by atoms with Gasteiger partial charge in [0.15, 0.2) is 0 Å². The maximum absolute atomic E-state index is 11.0. The molecule has 11 heavy (non-hydrogen) atoms. The Bertz CT molecular complexity index is 168. The minimum Gasteiger partial charge on any atom is -0.447 e.